The molecule has 1 aromatic rings. The molecule has 0 saturated heterocycles. The lowest BCUT2D eigenvalue weighted by atomic mass is 9.95. The zero-order valence-electron chi connectivity index (χ0n) is 9.20. The summed E-state index contributed by atoms with van der Waals surface area (Å²) in [6.07, 6.45) is 11.2. The molecule has 0 unspecified atom stereocenters. The van der Waals surface area contributed by atoms with Crippen LogP contribution in [0.5, 0.6) is 0 Å². The van der Waals surface area contributed by atoms with E-state index in [0.717, 1.165) is 11.8 Å². The molecule has 0 atom stereocenters. The summed E-state index contributed by atoms with van der Waals surface area (Å²) in [6, 6.07) is 0.705. The predicted molar refractivity (Wildman–Crippen MR) is 65.0 cm³/mol. The Hall–Kier alpha value is -0.480. The average molecular weight is 225 g/mol. The van der Waals surface area contributed by atoms with Gasteiger partial charge in [-0.1, -0.05) is 0 Å². The van der Waals surface area contributed by atoms with Crippen molar-refractivity contribution < 1.29 is 0 Å². The second-order valence-corrected chi connectivity index (χ2v) is 5.31. The fourth-order valence-electron chi connectivity index (χ4n) is 2.14. The van der Waals surface area contributed by atoms with Gasteiger partial charge in [0.25, 0.3) is 0 Å². The number of aromatic nitrogens is 2. The molecule has 1 heterocycles. The first-order chi connectivity index (χ1) is 7.38. The van der Waals surface area contributed by atoms with Gasteiger partial charge in [0, 0.05) is 29.7 Å². The molecule has 3 nitrogen and oxygen atoms in total. The van der Waals surface area contributed by atoms with Crippen molar-refractivity contribution in [1.82, 2.24) is 15.3 Å². The molecular weight excluding hydrogens is 206 g/mol. The number of imidazole rings is 1. The van der Waals surface area contributed by atoms with Gasteiger partial charge in [0.05, 0.1) is 6.33 Å². The number of nitrogens with zero attached hydrogens (tertiary/aromatic N) is 1. The zero-order chi connectivity index (χ0) is 10.5. The van der Waals surface area contributed by atoms with Crippen LogP contribution in [-0.4, -0.2) is 27.5 Å². The normalized spacial score (nSPS) is 26.7. The third-order valence-electron chi connectivity index (χ3n) is 3.14. The van der Waals surface area contributed by atoms with Crippen LogP contribution in [0.2, 0.25) is 0 Å². The van der Waals surface area contributed by atoms with Crippen LogP contribution in [0.25, 0.3) is 0 Å². The zero-order valence-corrected chi connectivity index (χ0v) is 10.0. The highest BCUT2D eigenvalue weighted by Gasteiger charge is 2.19. The van der Waals surface area contributed by atoms with Crippen LogP contribution < -0.4 is 5.32 Å². The van der Waals surface area contributed by atoms with E-state index in [4.69, 9.17) is 0 Å². The van der Waals surface area contributed by atoms with Gasteiger partial charge < -0.3 is 10.3 Å². The van der Waals surface area contributed by atoms with Crippen LogP contribution >= 0.6 is 11.8 Å². The molecule has 2 N–H and O–H groups in total. The molecule has 1 aliphatic rings. The van der Waals surface area contributed by atoms with E-state index in [0.29, 0.717) is 6.04 Å². The second-order valence-electron chi connectivity index (χ2n) is 4.17. The minimum atomic E-state index is 0.705. The van der Waals surface area contributed by atoms with Crippen molar-refractivity contribution in [2.45, 2.75) is 43.5 Å². The minimum Gasteiger partial charge on any atom is -0.347 e. The largest absolute Gasteiger partial charge is 0.347 e. The standard InChI is InChI=1S/C11H19N3S/c1-15-11-4-2-9(3-5-11)13-7-10-6-12-8-14-10/h6,8-9,11,13H,2-5,7H2,1H3,(H,12,14). The number of hydrogen-bond acceptors (Lipinski definition) is 3. The van der Waals surface area contributed by atoms with Gasteiger partial charge in [-0.2, -0.15) is 11.8 Å². The van der Waals surface area contributed by atoms with E-state index in [2.05, 4.69) is 21.5 Å². The fourth-order valence-corrected chi connectivity index (χ4v) is 2.88. The van der Waals surface area contributed by atoms with Crippen molar-refractivity contribution in [3.8, 4) is 0 Å². The number of thioether (sulfide) groups is 1. The van der Waals surface area contributed by atoms with E-state index in [1.165, 1.54) is 31.4 Å². The van der Waals surface area contributed by atoms with E-state index in [-0.39, 0.29) is 0 Å². The molecule has 0 bridgehead atoms. The summed E-state index contributed by atoms with van der Waals surface area (Å²) >= 11 is 2.02. The summed E-state index contributed by atoms with van der Waals surface area (Å²) in [5.41, 5.74) is 1.18. The van der Waals surface area contributed by atoms with Crippen molar-refractivity contribution in [3.05, 3.63) is 18.2 Å². The molecule has 1 aromatic heterocycles. The smallest absolute Gasteiger partial charge is 0.0922 e. The van der Waals surface area contributed by atoms with E-state index in [9.17, 15) is 0 Å². The van der Waals surface area contributed by atoms with Gasteiger partial charge in [-0.25, -0.2) is 4.98 Å². The first-order valence-electron chi connectivity index (χ1n) is 5.62. The molecule has 1 aliphatic carbocycles. The van der Waals surface area contributed by atoms with E-state index in [1.54, 1.807) is 6.33 Å². The number of hydrogen-bond donors (Lipinski definition) is 2. The molecule has 1 saturated carbocycles. The van der Waals surface area contributed by atoms with Crippen LogP contribution in [0.4, 0.5) is 0 Å². The van der Waals surface area contributed by atoms with Crippen molar-refractivity contribution in [1.29, 1.82) is 0 Å². The highest BCUT2D eigenvalue weighted by Crippen LogP contribution is 2.26. The van der Waals surface area contributed by atoms with Crippen LogP contribution in [0.3, 0.4) is 0 Å². The number of aromatic amines is 1. The Kier molecular flexibility index (Phi) is 4.09. The highest BCUT2D eigenvalue weighted by molar-refractivity contribution is 7.99. The van der Waals surface area contributed by atoms with Crippen LogP contribution in [0, 0.1) is 0 Å². The van der Waals surface area contributed by atoms with Crippen LogP contribution in [-0.2, 0) is 6.54 Å². The third-order valence-corrected chi connectivity index (χ3v) is 4.28. The van der Waals surface area contributed by atoms with E-state index >= 15 is 0 Å². The Morgan fingerprint density at radius 2 is 2.27 bits per heavy atom. The quantitative estimate of drug-likeness (QED) is 0.825. The van der Waals surface area contributed by atoms with Gasteiger partial charge in [-0.15, -0.1) is 0 Å². The third kappa shape index (κ3) is 3.24. The molecule has 0 amide bonds. The maximum absolute atomic E-state index is 4.01. The molecule has 84 valence electrons. The summed E-state index contributed by atoms with van der Waals surface area (Å²) in [6.45, 7) is 0.925. The summed E-state index contributed by atoms with van der Waals surface area (Å²) < 4.78 is 0. The topological polar surface area (TPSA) is 40.7 Å². The SMILES string of the molecule is CSC1CCC(NCc2cnc[nH]2)CC1. The van der Waals surface area contributed by atoms with Gasteiger partial charge in [-0.05, 0) is 31.9 Å². The molecule has 1 fully saturated rings. The number of nitrogens with one attached hydrogen (secondary N) is 2. The van der Waals surface area contributed by atoms with Gasteiger partial charge in [0.15, 0.2) is 0 Å². The van der Waals surface area contributed by atoms with Crippen molar-refractivity contribution >= 4 is 11.8 Å². The molecule has 0 aromatic carbocycles. The molecule has 0 radical (unpaired) electrons. The van der Waals surface area contributed by atoms with Crippen molar-refractivity contribution in [2.75, 3.05) is 6.26 Å². The Bertz CT molecular complexity index is 265. The molecule has 0 spiro atoms. The van der Waals surface area contributed by atoms with Gasteiger partial charge in [-0.3, -0.25) is 0 Å². The Morgan fingerprint density at radius 3 is 2.87 bits per heavy atom. The molecule has 4 heteroatoms. The lowest BCUT2D eigenvalue weighted by molar-refractivity contribution is 0.377. The second kappa shape index (κ2) is 5.56. The Morgan fingerprint density at radius 1 is 1.47 bits per heavy atom. The molecule has 0 aliphatic heterocycles. The number of rotatable bonds is 4. The Labute approximate surface area is 95.4 Å². The summed E-state index contributed by atoms with van der Waals surface area (Å²) in [5.74, 6) is 0. The van der Waals surface area contributed by atoms with Gasteiger partial charge in [0.2, 0.25) is 0 Å². The van der Waals surface area contributed by atoms with Crippen molar-refractivity contribution in [3.63, 3.8) is 0 Å². The highest BCUT2D eigenvalue weighted by atomic mass is 32.2. The van der Waals surface area contributed by atoms with E-state index < -0.39 is 0 Å². The number of H-pyrrole nitrogens is 1. The summed E-state index contributed by atoms with van der Waals surface area (Å²) in [5, 5.41) is 4.49. The minimum absolute atomic E-state index is 0.705. The first-order valence-corrected chi connectivity index (χ1v) is 6.90. The van der Waals surface area contributed by atoms with Crippen LogP contribution in [0.15, 0.2) is 12.5 Å². The molecule has 15 heavy (non-hydrogen) atoms. The van der Waals surface area contributed by atoms with Gasteiger partial charge >= 0.3 is 0 Å². The monoisotopic (exact) mass is 225 g/mol. The molecular formula is C11H19N3S. The fraction of sp³-hybridized carbons (Fsp3) is 0.727. The maximum atomic E-state index is 4.01. The summed E-state index contributed by atoms with van der Waals surface area (Å²) in [4.78, 5) is 7.13. The van der Waals surface area contributed by atoms with Crippen molar-refractivity contribution in [2.24, 2.45) is 0 Å². The lowest BCUT2D eigenvalue weighted by Gasteiger charge is -2.27. The Balaban J connectivity index is 1.69. The van der Waals surface area contributed by atoms with E-state index in [1.807, 2.05) is 18.0 Å². The predicted octanol–water partition coefficient (Wildman–Crippen LogP) is 2.17. The average Bonchev–Trinajstić information content (AvgIpc) is 2.80. The van der Waals surface area contributed by atoms with Gasteiger partial charge in [0.1, 0.15) is 0 Å². The first kappa shape index (κ1) is 11.0. The molecule has 2 rings (SSSR count). The van der Waals surface area contributed by atoms with Crippen LogP contribution in [0.1, 0.15) is 31.4 Å². The summed E-state index contributed by atoms with van der Waals surface area (Å²) in [7, 11) is 0. The maximum Gasteiger partial charge on any atom is 0.0922 e. The lowest BCUT2D eigenvalue weighted by Crippen LogP contribution is -2.33.